The highest BCUT2D eigenvalue weighted by Gasteiger charge is 2.50. The summed E-state index contributed by atoms with van der Waals surface area (Å²) in [6.07, 6.45) is 0.478. The van der Waals surface area contributed by atoms with Gasteiger partial charge in [0.05, 0.1) is 27.9 Å². The van der Waals surface area contributed by atoms with Gasteiger partial charge in [-0.1, -0.05) is 12.5 Å². The highest BCUT2D eigenvalue weighted by atomic mass is 16.5. The lowest BCUT2D eigenvalue weighted by Gasteiger charge is -2.42. The topological polar surface area (TPSA) is 91.3 Å². The maximum absolute atomic E-state index is 12.1. The molecule has 2 aromatic carbocycles. The number of ether oxygens (including phenoxy) is 4. The summed E-state index contributed by atoms with van der Waals surface area (Å²) < 4.78 is 66.7. The van der Waals surface area contributed by atoms with Crippen LogP contribution in [0.2, 0.25) is 0 Å². The van der Waals surface area contributed by atoms with Gasteiger partial charge < -0.3 is 24.1 Å². The number of methoxy groups -OCH3 is 2. The average molecular weight is 418 g/mol. The second-order valence-electron chi connectivity index (χ2n) is 7.50. The fourth-order valence-electron chi connectivity index (χ4n) is 4.01. The molecule has 158 valence electrons. The summed E-state index contributed by atoms with van der Waals surface area (Å²) in [5.74, 6) is -2.61. The number of cyclic esters (lactones) is 1. The van der Waals surface area contributed by atoms with Crippen molar-refractivity contribution >= 4 is 11.9 Å². The molecular formula is C23H24O7. The van der Waals surface area contributed by atoms with Crippen molar-refractivity contribution in [3.63, 3.8) is 0 Å². The molecule has 0 amide bonds. The molecule has 0 bridgehead atoms. The van der Waals surface area contributed by atoms with Crippen molar-refractivity contribution in [1.82, 2.24) is 0 Å². The van der Waals surface area contributed by atoms with E-state index in [9.17, 15) is 14.7 Å². The molecule has 1 unspecified atom stereocenters. The van der Waals surface area contributed by atoms with E-state index >= 15 is 0 Å². The third kappa shape index (κ3) is 3.05. The summed E-state index contributed by atoms with van der Waals surface area (Å²) in [6.45, 7) is 1.61. The van der Waals surface area contributed by atoms with Gasteiger partial charge in [-0.3, -0.25) is 4.79 Å². The van der Waals surface area contributed by atoms with Crippen molar-refractivity contribution in [2.75, 3.05) is 14.1 Å². The van der Waals surface area contributed by atoms with Crippen LogP contribution in [-0.4, -0.2) is 37.2 Å². The summed E-state index contributed by atoms with van der Waals surface area (Å²) >= 11 is 0. The van der Waals surface area contributed by atoms with E-state index in [1.165, 1.54) is 12.1 Å². The van der Waals surface area contributed by atoms with Gasteiger partial charge in [0.25, 0.3) is 0 Å². The van der Waals surface area contributed by atoms with Gasteiger partial charge in [-0.15, -0.1) is 0 Å². The van der Waals surface area contributed by atoms with Crippen molar-refractivity contribution < 1.29 is 41.9 Å². The van der Waals surface area contributed by atoms with Crippen LogP contribution < -0.4 is 14.2 Å². The lowest BCUT2D eigenvalue weighted by Crippen LogP contribution is -2.49. The Morgan fingerprint density at radius 2 is 1.93 bits per heavy atom. The van der Waals surface area contributed by atoms with E-state index in [-0.39, 0.29) is 12.4 Å². The molecule has 1 heterocycles. The number of benzene rings is 2. The van der Waals surface area contributed by atoms with Gasteiger partial charge in [-0.25, -0.2) is 4.79 Å². The van der Waals surface area contributed by atoms with Crippen molar-refractivity contribution in [1.29, 1.82) is 0 Å². The average Bonchev–Trinajstić information content (AvgIpc) is 3.07. The first-order valence-electron chi connectivity index (χ1n) is 12.5. The van der Waals surface area contributed by atoms with Crippen LogP contribution in [0.3, 0.4) is 0 Å². The zero-order valence-corrected chi connectivity index (χ0v) is 16.2. The first kappa shape index (κ1) is 13.9. The standard InChI is InChI=1S/C23H24O7/c1-13(23(22(25)26)9-4-10-23)30-19-16(7-8-18(27-2)20(19)28-3)14-5-6-17-15(11-14)12-29-21(17)24/h5-8,11,13H,4,9-10,12H2,1-3H3,(H,25,26)/i2D3,3D3. The molecule has 1 atom stereocenters. The number of fused-ring (bicyclic) bond motifs is 1. The van der Waals surface area contributed by atoms with Crippen LogP contribution in [0, 0.1) is 5.41 Å². The Balaban J connectivity index is 1.89. The normalized spacial score (nSPS) is 21.2. The minimum absolute atomic E-state index is 0.0512. The molecule has 7 heteroatoms. The van der Waals surface area contributed by atoms with E-state index in [2.05, 4.69) is 0 Å². The number of carbonyl (C=O) groups excluding carboxylic acids is 1. The summed E-state index contributed by atoms with van der Waals surface area (Å²) in [5, 5.41) is 9.87. The van der Waals surface area contributed by atoms with Crippen molar-refractivity contribution in [2.24, 2.45) is 5.41 Å². The number of hydrogen-bond acceptors (Lipinski definition) is 6. The van der Waals surface area contributed by atoms with E-state index in [0.29, 0.717) is 41.5 Å². The number of carbonyl (C=O) groups is 2. The van der Waals surface area contributed by atoms with Crippen molar-refractivity contribution in [3.05, 3.63) is 41.5 Å². The predicted octanol–water partition coefficient (Wildman–Crippen LogP) is 4.06. The predicted molar refractivity (Wildman–Crippen MR) is 108 cm³/mol. The Morgan fingerprint density at radius 3 is 2.60 bits per heavy atom. The summed E-state index contributed by atoms with van der Waals surface area (Å²) in [5.41, 5.74) is 0.561. The Kier molecular flexibility index (Phi) is 3.50. The lowest BCUT2D eigenvalue weighted by atomic mass is 9.65. The van der Waals surface area contributed by atoms with Gasteiger partial charge in [0, 0.05) is 11.1 Å². The first-order chi connectivity index (χ1) is 16.7. The molecule has 0 saturated heterocycles. The van der Waals surface area contributed by atoms with Gasteiger partial charge in [-0.2, -0.15) is 0 Å². The third-order valence-corrected chi connectivity index (χ3v) is 6.03. The second kappa shape index (κ2) is 7.55. The smallest absolute Gasteiger partial charge is 0.338 e. The molecule has 1 N–H and O–H groups in total. The number of carboxylic acid groups (broad SMARTS) is 1. The molecule has 1 aliphatic heterocycles. The molecule has 2 aliphatic rings. The van der Waals surface area contributed by atoms with Crippen molar-refractivity contribution in [2.45, 2.75) is 38.9 Å². The summed E-state index contributed by atoms with van der Waals surface area (Å²) in [6, 6.07) is 7.51. The molecule has 2 aromatic rings. The van der Waals surface area contributed by atoms with Crippen LogP contribution in [0.4, 0.5) is 0 Å². The minimum Gasteiger partial charge on any atom is -0.493 e. The van der Waals surface area contributed by atoms with E-state index in [1.807, 2.05) is 0 Å². The van der Waals surface area contributed by atoms with Crippen LogP contribution in [0.15, 0.2) is 30.3 Å². The van der Waals surface area contributed by atoms with E-state index in [4.69, 9.17) is 27.2 Å². The molecule has 1 fully saturated rings. The zero-order valence-electron chi connectivity index (χ0n) is 22.2. The monoisotopic (exact) mass is 418 g/mol. The zero-order chi connectivity index (χ0) is 26.5. The van der Waals surface area contributed by atoms with Gasteiger partial charge in [0.15, 0.2) is 11.5 Å². The van der Waals surface area contributed by atoms with Gasteiger partial charge in [0.2, 0.25) is 5.75 Å². The highest BCUT2D eigenvalue weighted by Crippen LogP contribution is 2.50. The fourth-order valence-corrected chi connectivity index (χ4v) is 4.01. The van der Waals surface area contributed by atoms with Crippen LogP contribution in [0.5, 0.6) is 17.2 Å². The first-order valence-corrected chi connectivity index (χ1v) is 9.46. The van der Waals surface area contributed by atoms with Gasteiger partial charge >= 0.3 is 11.9 Å². The molecule has 0 spiro atoms. The quantitative estimate of drug-likeness (QED) is 0.678. The van der Waals surface area contributed by atoms with Gasteiger partial charge in [0.1, 0.15) is 18.1 Å². The Morgan fingerprint density at radius 1 is 1.17 bits per heavy atom. The van der Waals surface area contributed by atoms with Gasteiger partial charge in [-0.05, 0) is 49.6 Å². The Hall–Kier alpha value is -3.22. The molecule has 7 nitrogen and oxygen atoms in total. The minimum atomic E-state index is -3.01. The molecule has 1 aliphatic carbocycles. The molecular weight excluding hydrogens is 388 g/mol. The maximum Gasteiger partial charge on any atom is 0.338 e. The number of aliphatic carboxylic acids is 1. The number of rotatable bonds is 7. The van der Waals surface area contributed by atoms with E-state index < -0.39 is 49.0 Å². The van der Waals surface area contributed by atoms with E-state index in [1.54, 1.807) is 25.1 Å². The largest absolute Gasteiger partial charge is 0.493 e. The Bertz CT molecular complexity index is 1200. The van der Waals surface area contributed by atoms with E-state index in [0.717, 1.165) is 0 Å². The Labute approximate surface area is 182 Å². The second-order valence-corrected chi connectivity index (χ2v) is 7.50. The van der Waals surface area contributed by atoms with Crippen molar-refractivity contribution in [3.8, 4) is 28.4 Å². The lowest BCUT2D eigenvalue weighted by molar-refractivity contribution is -0.162. The molecule has 1 saturated carbocycles. The third-order valence-electron chi connectivity index (χ3n) is 6.03. The molecule has 0 aromatic heterocycles. The number of carboxylic acids is 1. The molecule has 4 rings (SSSR count). The summed E-state index contributed by atoms with van der Waals surface area (Å²) in [7, 11) is -5.94. The highest BCUT2D eigenvalue weighted by molar-refractivity contribution is 5.94. The fraction of sp³-hybridized carbons (Fsp3) is 0.391. The van der Waals surface area contributed by atoms with Crippen LogP contribution in [0.25, 0.3) is 11.1 Å². The molecule has 30 heavy (non-hydrogen) atoms. The number of hydrogen-bond donors (Lipinski definition) is 1. The van der Waals surface area contributed by atoms with Crippen LogP contribution in [-0.2, 0) is 16.1 Å². The SMILES string of the molecule is [2H]C([2H])([2H])Oc1ccc(-c2ccc3c(c2)COC3=O)c(OC(C)C2(C(=O)O)CCC2)c1OC([2H])([2H])[2H]. The number of esters is 1. The molecule has 0 radical (unpaired) electrons. The van der Waals surface area contributed by atoms with Crippen LogP contribution in [0.1, 0.15) is 50.3 Å². The van der Waals surface area contributed by atoms with Crippen LogP contribution >= 0.6 is 0 Å². The summed E-state index contributed by atoms with van der Waals surface area (Å²) in [4.78, 5) is 23.9. The maximum atomic E-state index is 12.1.